The van der Waals surface area contributed by atoms with Crippen molar-refractivity contribution in [1.82, 2.24) is 5.32 Å². The molecule has 0 radical (unpaired) electrons. The van der Waals surface area contributed by atoms with Crippen LogP contribution in [0.25, 0.3) is 0 Å². The fourth-order valence-corrected chi connectivity index (χ4v) is 7.85. The highest BCUT2D eigenvalue weighted by atomic mass is 16.5. The lowest BCUT2D eigenvalue weighted by atomic mass is 10.0. The third kappa shape index (κ3) is 44.2. The molecule has 0 heterocycles. The van der Waals surface area contributed by atoms with Crippen molar-refractivity contribution in [3.05, 3.63) is 60.8 Å². The van der Waals surface area contributed by atoms with Gasteiger partial charge < -0.3 is 20.3 Å². The topological polar surface area (TPSA) is 95.9 Å². The number of rotatable bonds is 47. The Bertz CT molecular complexity index is 1110. The van der Waals surface area contributed by atoms with Crippen LogP contribution in [-0.2, 0) is 14.3 Å². The van der Waals surface area contributed by atoms with Gasteiger partial charge >= 0.3 is 5.97 Å². The molecule has 0 aliphatic rings. The number of ether oxygens (including phenoxy) is 1. The van der Waals surface area contributed by atoms with E-state index in [1.54, 1.807) is 0 Å². The number of hydrogen-bond donors (Lipinski definition) is 3. The molecule has 3 atom stereocenters. The third-order valence-corrected chi connectivity index (χ3v) is 11.9. The second-order valence-electron chi connectivity index (χ2n) is 17.9. The van der Waals surface area contributed by atoms with Gasteiger partial charge in [0.25, 0.3) is 0 Å². The Kier molecular flexibility index (Phi) is 47.6. The highest BCUT2D eigenvalue weighted by molar-refractivity contribution is 5.77. The van der Waals surface area contributed by atoms with Gasteiger partial charge in [-0.05, 0) is 83.5 Å². The van der Waals surface area contributed by atoms with Gasteiger partial charge in [-0.15, -0.1) is 0 Å². The molecule has 0 aliphatic heterocycles. The van der Waals surface area contributed by atoms with Gasteiger partial charge in [-0.3, -0.25) is 9.59 Å². The number of allylic oxidation sites excluding steroid dienone is 10. The molecule has 0 aromatic heterocycles. The van der Waals surface area contributed by atoms with Gasteiger partial charge in [0.2, 0.25) is 5.91 Å². The van der Waals surface area contributed by atoms with E-state index in [4.69, 9.17) is 4.74 Å². The Morgan fingerprint density at radius 3 is 1.42 bits per heavy atom. The number of carbonyl (C=O) groups excluding carboxylic acids is 2. The first-order chi connectivity index (χ1) is 30.5. The van der Waals surface area contributed by atoms with Gasteiger partial charge in [0, 0.05) is 6.42 Å². The van der Waals surface area contributed by atoms with E-state index >= 15 is 0 Å². The third-order valence-electron chi connectivity index (χ3n) is 11.9. The number of esters is 1. The molecule has 0 aromatic carbocycles. The number of aliphatic hydroxyl groups is 2. The number of carbonyl (C=O) groups is 2. The predicted molar refractivity (Wildman–Crippen MR) is 268 cm³/mol. The van der Waals surface area contributed by atoms with Gasteiger partial charge in [0.1, 0.15) is 6.10 Å². The van der Waals surface area contributed by atoms with Crippen LogP contribution in [0.3, 0.4) is 0 Å². The number of unbranched alkanes of at least 4 members (excludes halogenated alkanes) is 26. The fourth-order valence-electron chi connectivity index (χ4n) is 7.85. The van der Waals surface area contributed by atoms with Crippen LogP contribution in [0.5, 0.6) is 0 Å². The van der Waals surface area contributed by atoms with Crippen molar-refractivity contribution < 1.29 is 24.5 Å². The molecule has 0 aliphatic carbocycles. The number of hydrogen-bond acceptors (Lipinski definition) is 5. The quantitative estimate of drug-likeness (QED) is 0.0245. The van der Waals surface area contributed by atoms with E-state index in [9.17, 15) is 19.8 Å². The summed E-state index contributed by atoms with van der Waals surface area (Å²) < 4.78 is 5.93. The summed E-state index contributed by atoms with van der Waals surface area (Å²) >= 11 is 0. The molecule has 6 heteroatoms. The van der Waals surface area contributed by atoms with Crippen molar-refractivity contribution in [1.29, 1.82) is 0 Å². The van der Waals surface area contributed by atoms with E-state index in [2.05, 4.69) is 86.8 Å². The van der Waals surface area contributed by atoms with Crippen molar-refractivity contribution in [2.45, 2.75) is 277 Å². The summed E-state index contributed by atoms with van der Waals surface area (Å²) in [6.45, 7) is 6.36. The molecule has 3 unspecified atom stereocenters. The zero-order valence-electron chi connectivity index (χ0n) is 41.0. The van der Waals surface area contributed by atoms with Gasteiger partial charge in [-0.2, -0.15) is 0 Å². The van der Waals surface area contributed by atoms with E-state index in [1.807, 2.05) is 0 Å². The molecule has 6 nitrogen and oxygen atoms in total. The molecule has 360 valence electrons. The van der Waals surface area contributed by atoms with Crippen molar-refractivity contribution in [2.24, 2.45) is 0 Å². The Morgan fingerprint density at radius 2 is 0.919 bits per heavy atom. The van der Waals surface area contributed by atoms with Gasteiger partial charge in [0.05, 0.1) is 25.2 Å². The molecule has 62 heavy (non-hydrogen) atoms. The maximum Gasteiger partial charge on any atom is 0.306 e. The minimum Gasteiger partial charge on any atom is -0.462 e. The fraction of sp³-hybridized carbons (Fsp3) is 0.786. The summed E-state index contributed by atoms with van der Waals surface area (Å²) in [6.07, 6.45) is 61.4. The summed E-state index contributed by atoms with van der Waals surface area (Å²) in [5.74, 6) is -0.511. The van der Waals surface area contributed by atoms with Gasteiger partial charge in [-0.25, -0.2) is 0 Å². The Balaban J connectivity index is 4.62. The van der Waals surface area contributed by atoms with Crippen molar-refractivity contribution in [3.8, 4) is 0 Å². The molecule has 0 saturated carbocycles. The van der Waals surface area contributed by atoms with Crippen molar-refractivity contribution in [3.63, 3.8) is 0 Å². The van der Waals surface area contributed by atoms with Gasteiger partial charge in [0.15, 0.2) is 0 Å². The first kappa shape index (κ1) is 59.6. The zero-order valence-corrected chi connectivity index (χ0v) is 41.0. The van der Waals surface area contributed by atoms with E-state index < -0.39 is 18.2 Å². The van der Waals surface area contributed by atoms with Crippen LogP contribution >= 0.6 is 0 Å². The maximum absolute atomic E-state index is 13.2. The van der Waals surface area contributed by atoms with E-state index in [0.29, 0.717) is 19.3 Å². The predicted octanol–water partition coefficient (Wildman–Crippen LogP) is 16.0. The van der Waals surface area contributed by atoms with Crippen LogP contribution in [0, 0.1) is 0 Å². The van der Waals surface area contributed by atoms with Crippen LogP contribution in [0.15, 0.2) is 60.8 Å². The molecule has 0 fully saturated rings. The summed E-state index contributed by atoms with van der Waals surface area (Å²) in [4.78, 5) is 26.2. The first-order valence-corrected chi connectivity index (χ1v) is 26.5. The van der Waals surface area contributed by atoms with Crippen molar-refractivity contribution >= 4 is 11.9 Å². The lowest BCUT2D eigenvalue weighted by molar-refractivity contribution is -0.151. The largest absolute Gasteiger partial charge is 0.462 e. The van der Waals surface area contributed by atoms with E-state index in [1.165, 1.54) is 103 Å². The second kappa shape index (κ2) is 49.6. The van der Waals surface area contributed by atoms with Crippen molar-refractivity contribution in [2.75, 3.05) is 6.61 Å². The molecule has 0 saturated heterocycles. The Morgan fingerprint density at radius 1 is 0.500 bits per heavy atom. The minimum absolute atomic E-state index is 0.0553. The lowest BCUT2D eigenvalue weighted by Gasteiger charge is -2.24. The van der Waals surface area contributed by atoms with Gasteiger partial charge in [-0.1, -0.05) is 223 Å². The zero-order chi connectivity index (χ0) is 45.2. The molecular weight excluding hydrogens is 767 g/mol. The minimum atomic E-state index is -0.797. The number of amides is 1. The van der Waals surface area contributed by atoms with Crippen LogP contribution in [0.1, 0.15) is 258 Å². The Hall–Kier alpha value is -2.44. The monoisotopic (exact) mass is 868 g/mol. The Labute approximate surface area is 384 Å². The molecular formula is C56H101NO5. The van der Waals surface area contributed by atoms with E-state index in [-0.39, 0.29) is 24.9 Å². The molecule has 0 aromatic rings. The summed E-state index contributed by atoms with van der Waals surface area (Å²) in [5.41, 5.74) is 0. The lowest BCUT2D eigenvalue weighted by Crippen LogP contribution is -2.46. The van der Waals surface area contributed by atoms with Crippen LogP contribution in [-0.4, -0.2) is 46.9 Å². The second-order valence-corrected chi connectivity index (χ2v) is 17.9. The molecule has 0 bridgehead atoms. The summed E-state index contributed by atoms with van der Waals surface area (Å²) in [6, 6.07) is -0.713. The summed E-state index contributed by atoms with van der Waals surface area (Å²) in [5, 5.41) is 23.7. The summed E-state index contributed by atoms with van der Waals surface area (Å²) in [7, 11) is 0. The average molecular weight is 868 g/mol. The molecule has 3 N–H and O–H groups in total. The molecule has 0 rings (SSSR count). The van der Waals surface area contributed by atoms with Crippen LogP contribution < -0.4 is 5.32 Å². The standard InChI is InChI=1S/C56H101NO5/c1-4-7-10-13-16-19-22-24-26-27-28-29-31-34-37-40-43-46-49-56(61)62-52(47-44-41-38-35-33-30-25-23-20-17-14-11-8-5-2)50-55(60)57-53(51-58)54(59)48-45-42-39-36-32-21-18-15-12-9-6-3/h8,11,17,20,25-30,52-54,58-59H,4-7,9-10,12-16,18-19,21-24,31-51H2,1-3H3,(H,57,60)/b11-8+,20-17+,27-26+,29-28+,30-25+. The highest BCUT2D eigenvalue weighted by Crippen LogP contribution is 2.17. The molecule has 0 spiro atoms. The van der Waals surface area contributed by atoms with Crippen LogP contribution in [0.4, 0.5) is 0 Å². The smallest absolute Gasteiger partial charge is 0.306 e. The number of aliphatic hydroxyl groups excluding tert-OH is 2. The SMILES string of the molecule is CC/C=C/C/C=C/C/C=C/CCCCCCC(CC(=O)NC(CO)C(O)CCCCCCCCCCCCC)OC(=O)CCCCCCC/C=C/C=C/CCCCCCCCC. The normalized spacial score (nSPS) is 13.7. The highest BCUT2D eigenvalue weighted by Gasteiger charge is 2.24. The first-order valence-electron chi connectivity index (χ1n) is 26.5. The number of nitrogens with one attached hydrogen (secondary N) is 1. The molecule has 1 amide bonds. The van der Waals surface area contributed by atoms with Crippen LogP contribution in [0.2, 0.25) is 0 Å². The van der Waals surface area contributed by atoms with E-state index in [0.717, 1.165) is 109 Å². The maximum atomic E-state index is 13.2. The average Bonchev–Trinajstić information content (AvgIpc) is 3.26.